The molecule has 1 aromatic rings. The fourth-order valence-corrected chi connectivity index (χ4v) is 2.64. The van der Waals surface area contributed by atoms with Gasteiger partial charge in [-0.3, -0.25) is 0 Å². The van der Waals surface area contributed by atoms with Crippen LogP contribution in [0.5, 0.6) is 11.5 Å². The number of hydrogen-bond acceptors (Lipinski definition) is 3. The summed E-state index contributed by atoms with van der Waals surface area (Å²) in [4.78, 5) is 0.561. The van der Waals surface area contributed by atoms with Crippen molar-refractivity contribution in [3.8, 4) is 11.5 Å². The molecule has 2 unspecified atom stereocenters. The largest absolute Gasteiger partial charge is 0.497 e. The number of alkyl halides is 1. The summed E-state index contributed by atoms with van der Waals surface area (Å²) in [5, 5.41) is 0. The average molecular weight is 315 g/mol. The summed E-state index contributed by atoms with van der Waals surface area (Å²) in [7, 11) is 1.66. The van der Waals surface area contributed by atoms with E-state index in [-0.39, 0.29) is 0 Å². The van der Waals surface area contributed by atoms with Gasteiger partial charge in [0.1, 0.15) is 11.5 Å². The van der Waals surface area contributed by atoms with E-state index in [9.17, 15) is 0 Å². The first-order chi connectivity index (χ1) is 8.79. The molecule has 0 amide bonds. The Morgan fingerprint density at radius 2 is 2.00 bits per heavy atom. The second-order valence-electron chi connectivity index (χ2n) is 4.45. The standard InChI is InChI=1S/C14H19BrO3/c1-16-12-2-4-13(5-3-12)18-9-6-11-10-17-8-7-14(11)15/h2-5,11,14H,6-10H2,1H3. The maximum absolute atomic E-state index is 5.72. The van der Waals surface area contributed by atoms with Gasteiger partial charge in [0.25, 0.3) is 0 Å². The van der Waals surface area contributed by atoms with Crippen LogP contribution in [-0.4, -0.2) is 31.8 Å². The quantitative estimate of drug-likeness (QED) is 0.781. The summed E-state index contributed by atoms with van der Waals surface area (Å²) < 4.78 is 16.3. The van der Waals surface area contributed by atoms with E-state index in [1.807, 2.05) is 24.3 Å². The van der Waals surface area contributed by atoms with Crippen molar-refractivity contribution in [3.05, 3.63) is 24.3 Å². The molecule has 100 valence electrons. The van der Waals surface area contributed by atoms with E-state index >= 15 is 0 Å². The van der Waals surface area contributed by atoms with Crippen LogP contribution in [0, 0.1) is 5.92 Å². The first kappa shape index (κ1) is 13.7. The predicted octanol–water partition coefficient (Wildman–Crippen LogP) is 3.26. The van der Waals surface area contributed by atoms with E-state index in [1.165, 1.54) is 0 Å². The van der Waals surface area contributed by atoms with Gasteiger partial charge in [0, 0.05) is 11.4 Å². The molecular weight excluding hydrogens is 296 g/mol. The van der Waals surface area contributed by atoms with Crippen LogP contribution in [0.2, 0.25) is 0 Å². The number of halogens is 1. The van der Waals surface area contributed by atoms with Gasteiger partial charge in [-0.1, -0.05) is 15.9 Å². The first-order valence-corrected chi connectivity index (χ1v) is 7.20. The van der Waals surface area contributed by atoms with Crippen LogP contribution in [-0.2, 0) is 4.74 Å². The number of benzene rings is 1. The van der Waals surface area contributed by atoms with Crippen molar-refractivity contribution in [2.45, 2.75) is 17.7 Å². The summed E-state index contributed by atoms with van der Waals surface area (Å²) in [6.07, 6.45) is 2.11. The zero-order valence-corrected chi connectivity index (χ0v) is 12.2. The van der Waals surface area contributed by atoms with Gasteiger partial charge in [0.05, 0.1) is 20.3 Å². The smallest absolute Gasteiger partial charge is 0.119 e. The Labute approximate surface area is 117 Å². The first-order valence-electron chi connectivity index (χ1n) is 6.28. The summed E-state index contributed by atoms with van der Waals surface area (Å²) in [5.74, 6) is 2.29. The number of methoxy groups -OCH3 is 1. The van der Waals surface area contributed by atoms with Crippen LogP contribution in [0.4, 0.5) is 0 Å². The zero-order valence-electron chi connectivity index (χ0n) is 10.6. The SMILES string of the molecule is COc1ccc(OCCC2COCCC2Br)cc1. The second kappa shape index (κ2) is 7.00. The van der Waals surface area contributed by atoms with Crippen LogP contribution in [0.25, 0.3) is 0 Å². The maximum Gasteiger partial charge on any atom is 0.119 e. The van der Waals surface area contributed by atoms with Gasteiger partial charge in [-0.15, -0.1) is 0 Å². The molecule has 1 aromatic carbocycles. The van der Waals surface area contributed by atoms with Gasteiger partial charge in [-0.05, 0) is 43.0 Å². The molecule has 4 heteroatoms. The molecule has 0 saturated carbocycles. The Balaban J connectivity index is 1.73. The molecule has 0 bridgehead atoms. The van der Waals surface area contributed by atoms with Crippen molar-refractivity contribution in [3.63, 3.8) is 0 Å². The lowest BCUT2D eigenvalue weighted by Crippen LogP contribution is -2.29. The normalized spacial score (nSPS) is 23.7. The average Bonchev–Trinajstić information content (AvgIpc) is 2.42. The van der Waals surface area contributed by atoms with Crippen LogP contribution >= 0.6 is 15.9 Å². The zero-order chi connectivity index (χ0) is 12.8. The fourth-order valence-electron chi connectivity index (χ4n) is 2.04. The molecule has 1 saturated heterocycles. The monoisotopic (exact) mass is 314 g/mol. The lowest BCUT2D eigenvalue weighted by molar-refractivity contribution is 0.0518. The molecule has 1 fully saturated rings. The van der Waals surface area contributed by atoms with Crippen molar-refractivity contribution in [2.75, 3.05) is 26.9 Å². The van der Waals surface area contributed by atoms with E-state index in [2.05, 4.69) is 15.9 Å². The third kappa shape index (κ3) is 3.89. The Bertz CT molecular complexity index is 353. The van der Waals surface area contributed by atoms with Gasteiger partial charge in [-0.2, -0.15) is 0 Å². The third-order valence-electron chi connectivity index (χ3n) is 3.20. The highest BCUT2D eigenvalue weighted by Crippen LogP contribution is 2.25. The van der Waals surface area contributed by atoms with E-state index < -0.39 is 0 Å². The maximum atomic E-state index is 5.72. The van der Waals surface area contributed by atoms with Crippen molar-refractivity contribution < 1.29 is 14.2 Å². The highest BCUT2D eigenvalue weighted by molar-refractivity contribution is 9.09. The highest BCUT2D eigenvalue weighted by atomic mass is 79.9. The molecule has 0 radical (unpaired) electrons. The van der Waals surface area contributed by atoms with E-state index in [0.717, 1.165) is 44.2 Å². The molecule has 2 rings (SSSR count). The van der Waals surface area contributed by atoms with Gasteiger partial charge in [0.2, 0.25) is 0 Å². The molecule has 2 atom stereocenters. The molecule has 18 heavy (non-hydrogen) atoms. The van der Waals surface area contributed by atoms with Crippen LogP contribution in [0.1, 0.15) is 12.8 Å². The number of ether oxygens (including phenoxy) is 3. The summed E-state index contributed by atoms with van der Waals surface area (Å²) in [5.41, 5.74) is 0. The molecule has 0 N–H and O–H groups in total. The fraction of sp³-hybridized carbons (Fsp3) is 0.571. The second-order valence-corrected chi connectivity index (χ2v) is 5.63. The highest BCUT2D eigenvalue weighted by Gasteiger charge is 2.23. The van der Waals surface area contributed by atoms with E-state index in [0.29, 0.717) is 10.7 Å². The van der Waals surface area contributed by atoms with Crippen LogP contribution in [0.15, 0.2) is 24.3 Å². The van der Waals surface area contributed by atoms with Crippen molar-refractivity contribution >= 4 is 15.9 Å². The van der Waals surface area contributed by atoms with Crippen molar-refractivity contribution in [1.82, 2.24) is 0 Å². The summed E-state index contributed by atoms with van der Waals surface area (Å²) in [6, 6.07) is 7.68. The number of rotatable bonds is 5. The van der Waals surface area contributed by atoms with Crippen LogP contribution in [0.3, 0.4) is 0 Å². The molecule has 1 aliphatic rings. The summed E-state index contributed by atoms with van der Waals surface area (Å²) in [6.45, 7) is 2.43. The molecule has 3 nitrogen and oxygen atoms in total. The Kier molecular flexibility index (Phi) is 5.32. The van der Waals surface area contributed by atoms with E-state index in [1.54, 1.807) is 7.11 Å². The van der Waals surface area contributed by atoms with Crippen molar-refractivity contribution in [2.24, 2.45) is 5.92 Å². The minimum absolute atomic E-state index is 0.553. The third-order valence-corrected chi connectivity index (χ3v) is 4.40. The molecule has 0 spiro atoms. The summed E-state index contributed by atoms with van der Waals surface area (Å²) >= 11 is 3.71. The Hall–Kier alpha value is -0.740. The molecule has 1 heterocycles. The molecule has 0 aliphatic carbocycles. The van der Waals surface area contributed by atoms with Gasteiger partial charge < -0.3 is 14.2 Å². The molecule has 0 aromatic heterocycles. The van der Waals surface area contributed by atoms with Crippen LogP contribution < -0.4 is 9.47 Å². The number of hydrogen-bond donors (Lipinski definition) is 0. The minimum Gasteiger partial charge on any atom is -0.497 e. The lowest BCUT2D eigenvalue weighted by Gasteiger charge is -2.27. The van der Waals surface area contributed by atoms with Gasteiger partial charge >= 0.3 is 0 Å². The predicted molar refractivity (Wildman–Crippen MR) is 74.7 cm³/mol. The van der Waals surface area contributed by atoms with Gasteiger partial charge in [-0.25, -0.2) is 0 Å². The molecule has 1 aliphatic heterocycles. The lowest BCUT2D eigenvalue weighted by atomic mass is 9.99. The minimum atomic E-state index is 0.553. The Morgan fingerprint density at radius 1 is 1.28 bits per heavy atom. The van der Waals surface area contributed by atoms with Crippen molar-refractivity contribution in [1.29, 1.82) is 0 Å². The molecular formula is C14H19BrO3. The van der Waals surface area contributed by atoms with Gasteiger partial charge in [0.15, 0.2) is 0 Å². The van der Waals surface area contributed by atoms with E-state index in [4.69, 9.17) is 14.2 Å². The Morgan fingerprint density at radius 3 is 2.67 bits per heavy atom. The topological polar surface area (TPSA) is 27.7 Å².